The van der Waals surface area contributed by atoms with Gasteiger partial charge in [-0.2, -0.15) is 0 Å². The molecule has 0 heterocycles. The molecule has 0 radical (unpaired) electrons. The van der Waals surface area contributed by atoms with Crippen LogP contribution in [0.25, 0.3) is 0 Å². The van der Waals surface area contributed by atoms with E-state index in [9.17, 15) is 0 Å². The molecule has 0 bridgehead atoms. The summed E-state index contributed by atoms with van der Waals surface area (Å²) in [5, 5.41) is 3.93. The molecule has 3 rings (SSSR count). The molecule has 2 saturated carbocycles. The van der Waals surface area contributed by atoms with Crippen molar-refractivity contribution in [2.75, 3.05) is 6.54 Å². The van der Waals surface area contributed by atoms with E-state index < -0.39 is 0 Å². The summed E-state index contributed by atoms with van der Waals surface area (Å²) >= 11 is 0. The summed E-state index contributed by atoms with van der Waals surface area (Å²) in [5.74, 6) is 0.887. The Morgan fingerprint density at radius 1 is 1.16 bits per heavy atom. The van der Waals surface area contributed by atoms with Crippen LogP contribution in [0.3, 0.4) is 0 Å². The maximum absolute atomic E-state index is 3.93. The number of benzene rings is 1. The summed E-state index contributed by atoms with van der Waals surface area (Å²) in [6.07, 6.45) is 9.90. The van der Waals surface area contributed by atoms with Gasteiger partial charge in [-0.05, 0) is 49.0 Å². The third kappa shape index (κ3) is 3.02. The van der Waals surface area contributed by atoms with E-state index in [1.807, 2.05) is 0 Å². The van der Waals surface area contributed by atoms with Crippen molar-refractivity contribution in [2.45, 2.75) is 57.9 Å². The Bertz CT molecular complexity index is 387. The number of hydrogen-bond acceptors (Lipinski definition) is 1. The average molecular weight is 257 g/mol. The zero-order valence-electron chi connectivity index (χ0n) is 12.2. The van der Waals surface area contributed by atoms with E-state index in [4.69, 9.17) is 0 Å². The van der Waals surface area contributed by atoms with Crippen molar-refractivity contribution in [3.63, 3.8) is 0 Å². The average Bonchev–Trinajstić information content (AvgIpc) is 3.18. The molecule has 104 valence electrons. The second-order valence-corrected chi connectivity index (χ2v) is 6.67. The predicted octanol–water partition coefficient (Wildman–Crippen LogP) is 4.70. The number of hydrogen-bond donors (Lipinski definition) is 1. The van der Waals surface area contributed by atoms with E-state index in [-0.39, 0.29) is 0 Å². The highest BCUT2D eigenvalue weighted by Gasteiger charge is 2.36. The third-order valence-electron chi connectivity index (χ3n) is 5.36. The van der Waals surface area contributed by atoms with Crippen molar-refractivity contribution < 1.29 is 0 Å². The number of rotatable bonds is 6. The lowest BCUT2D eigenvalue weighted by atomic mass is 9.83. The first-order valence-corrected chi connectivity index (χ1v) is 8.11. The van der Waals surface area contributed by atoms with Gasteiger partial charge in [-0.1, -0.05) is 50.1 Å². The van der Waals surface area contributed by atoms with Crippen molar-refractivity contribution in [3.8, 4) is 0 Å². The van der Waals surface area contributed by atoms with Crippen LogP contribution < -0.4 is 5.32 Å². The lowest BCUT2D eigenvalue weighted by Crippen LogP contribution is -2.35. The molecule has 0 amide bonds. The largest absolute Gasteiger partial charge is 0.309 e. The molecule has 0 aromatic heterocycles. The monoisotopic (exact) mass is 257 g/mol. The first-order chi connectivity index (χ1) is 9.33. The summed E-state index contributed by atoms with van der Waals surface area (Å²) in [4.78, 5) is 0. The van der Waals surface area contributed by atoms with Gasteiger partial charge in [0.05, 0.1) is 0 Å². The molecular formula is C18H27N. The fourth-order valence-electron chi connectivity index (χ4n) is 3.75. The molecule has 1 N–H and O–H groups in total. The van der Waals surface area contributed by atoms with E-state index in [1.165, 1.54) is 57.1 Å². The van der Waals surface area contributed by atoms with Gasteiger partial charge in [0.15, 0.2) is 0 Å². The Labute approximate surface area is 117 Å². The van der Waals surface area contributed by atoms with Gasteiger partial charge >= 0.3 is 0 Å². The molecule has 2 fully saturated rings. The quantitative estimate of drug-likeness (QED) is 0.779. The summed E-state index contributed by atoms with van der Waals surface area (Å²) in [7, 11) is 0. The molecule has 0 saturated heterocycles. The van der Waals surface area contributed by atoms with Crippen LogP contribution in [0.4, 0.5) is 0 Å². The summed E-state index contributed by atoms with van der Waals surface area (Å²) < 4.78 is 0. The molecule has 2 aliphatic carbocycles. The zero-order chi connectivity index (χ0) is 13.1. The van der Waals surface area contributed by atoms with E-state index in [1.54, 1.807) is 0 Å². The molecule has 1 heteroatoms. The first kappa shape index (κ1) is 13.2. The number of nitrogens with one attached hydrogen (secondary N) is 1. The standard InChI is InChI=1S/C18H27N/c1-2-18(12-6-7-13-18)14-19-17(16-10-11-16)15-8-4-3-5-9-15/h3-5,8-9,16-17,19H,2,6-7,10-14H2,1H3. The van der Waals surface area contributed by atoms with Gasteiger partial charge in [-0.15, -0.1) is 0 Å². The summed E-state index contributed by atoms with van der Waals surface area (Å²) in [5.41, 5.74) is 2.09. The Kier molecular flexibility index (Phi) is 3.93. The van der Waals surface area contributed by atoms with Crippen LogP contribution in [0, 0.1) is 11.3 Å². The van der Waals surface area contributed by atoms with Gasteiger partial charge < -0.3 is 5.32 Å². The summed E-state index contributed by atoms with van der Waals surface area (Å²) in [6.45, 7) is 3.60. The van der Waals surface area contributed by atoms with Crippen LogP contribution >= 0.6 is 0 Å². The molecule has 1 aromatic carbocycles. The molecule has 1 unspecified atom stereocenters. The molecule has 0 aliphatic heterocycles. The van der Waals surface area contributed by atoms with E-state index in [2.05, 4.69) is 42.6 Å². The lowest BCUT2D eigenvalue weighted by Gasteiger charge is -2.31. The topological polar surface area (TPSA) is 12.0 Å². The highest BCUT2D eigenvalue weighted by atomic mass is 14.9. The maximum Gasteiger partial charge on any atom is 0.0348 e. The van der Waals surface area contributed by atoms with Gasteiger partial charge in [0.25, 0.3) is 0 Å². The minimum Gasteiger partial charge on any atom is -0.309 e. The van der Waals surface area contributed by atoms with Crippen molar-refractivity contribution in [1.29, 1.82) is 0 Å². The molecule has 1 aromatic rings. The minimum absolute atomic E-state index is 0.599. The summed E-state index contributed by atoms with van der Waals surface area (Å²) in [6, 6.07) is 11.7. The van der Waals surface area contributed by atoms with Crippen molar-refractivity contribution >= 4 is 0 Å². The Hall–Kier alpha value is -0.820. The molecule has 1 atom stereocenters. The van der Waals surface area contributed by atoms with Gasteiger partial charge in [-0.3, -0.25) is 0 Å². The van der Waals surface area contributed by atoms with Crippen LogP contribution in [-0.2, 0) is 0 Å². The normalized spacial score (nSPS) is 23.4. The second kappa shape index (κ2) is 5.66. The van der Waals surface area contributed by atoms with E-state index in [0.717, 1.165) is 5.92 Å². The SMILES string of the molecule is CCC1(CNC(c2ccccc2)C2CC2)CCCC1. The van der Waals surface area contributed by atoms with Crippen LogP contribution in [0.5, 0.6) is 0 Å². The Balaban J connectivity index is 1.66. The molecule has 1 nitrogen and oxygen atoms in total. The zero-order valence-corrected chi connectivity index (χ0v) is 12.2. The second-order valence-electron chi connectivity index (χ2n) is 6.67. The van der Waals surface area contributed by atoms with E-state index in [0.29, 0.717) is 11.5 Å². The fourth-order valence-corrected chi connectivity index (χ4v) is 3.75. The lowest BCUT2D eigenvalue weighted by molar-refractivity contribution is 0.250. The van der Waals surface area contributed by atoms with Crippen LogP contribution in [0.2, 0.25) is 0 Å². The highest BCUT2D eigenvalue weighted by Crippen LogP contribution is 2.44. The van der Waals surface area contributed by atoms with E-state index >= 15 is 0 Å². The van der Waals surface area contributed by atoms with Crippen LogP contribution in [0.15, 0.2) is 30.3 Å². The Morgan fingerprint density at radius 2 is 1.84 bits per heavy atom. The van der Waals surface area contributed by atoms with Crippen molar-refractivity contribution in [2.24, 2.45) is 11.3 Å². The minimum atomic E-state index is 0.599. The maximum atomic E-state index is 3.93. The van der Waals surface area contributed by atoms with Crippen molar-refractivity contribution in [3.05, 3.63) is 35.9 Å². The van der Waals surface area contributed by atoms with Gasteiger partial charge in [0.2, 0.25) is 0 Å². The first-order valence-electron chi connectivity index (χ1n) is 8.11. The highest BCUT2D eigenvalue weighted by molar-refractivity contribution is 5.21. The molecule has 19 heavy (non-hydrogen) atoms. The smallest absolute Gasteiger partial charge is 0.0348 e. The fraction of sp³-hybridized carbons (Fsp3) is 0.667. The van der Waals surface area contributed by atoms with Gasteiger partial charge in [0.1, 0.15) is 0 Å². The molecule has 2 aliphatic rings. The van der Waals surface area contributed by atoms with Crippen LogP contribution in [0.1, 0.15) is 63.5 Å². The molecule has 0 spiro atoms. The van der Waals surface area contributed by atoms with Gasteiger partial charge in [-0.25, -0.2) is 0 Å². The molecular weight excluding hydrogens is 230 g/mol. The third-order valence-corrected chi connectivity index (χ3v) is 5.36. The Morgan fingerprint density at radius 3 is 2.42 bits per heavy atom. The predicted molar refractivity (Wildman–Crippen MR) is 81.1 cm³/mol. The van der Waals surface area contributed by atoms with Crippen molar-refractivity contribution in [1.82, 2.24) is 5.32 Å². The van der Waals surface area contributed by atoms with Gasteiger partial charge in [0, 0.05) is 12.6 Å². The van der Waals surface area contributed by atoms with Crippen LogP contribution in [-0.4, -0.2) is 6.54 Å².